The molecule has 1 fully saturated rings. The van der Waals surface area contributed by atoms with Crippen molar-refractivity contribution in [3.05, 3.63) is 29.6 Å². The number of alkyl halides is 1. The van der Waals surface area contributed by atoms with Crippen molar-refractivity contribution in [2.75, 3.05) is 0 Å². The third-order valence-corrected chi connectivity index (χ3v) is 6.10. The Morgan fingerprint density at radius 1 is 1.20 bits per heavy atom. The van der Waals surface area contributed by atoms with Gasteiger partial charge in [0.05, 0.1) is 16.9 Å². The summed E-state index contributed by atoms with van der Waals surface area (Å²) in [5.74, 6) is 2.14. The van der Waals surface area contributed by atoms with E-state index in [2.05, 4.69) is 57.4 Å². The Bertz CT molecular complexity index is 653. The molecular weight excluding hydrogens is 268 g/mol. The van der Waals surface area contributed by atoms with Crippen molar-refractivity contribution in [1.82, 2.24) is 9.55 Å². The lowest BCUT2D eigenvalue weighted by Gasteiger charge is -2.09. The Morgan fingerprint density at radius 2 is 1.85 bits per heavy atom. The first-order valence-corrected chi connectivity index (χ1v) is 7.85. The molecule has 1 aliphatic carbocycles. The average molecular weight is 291 g/mol. The molecule has 0 radical (unpaired) electrons. The van der Waals surface area contributed by atoms with Crippen molar-refractivity contribution in [3.63, 3.8) is 0 Å². The van der Waals surface area contributed by atoms with Gasteiger partial charge in [-0.25, -0.2) is 4.98 Å². The van der Waals surface area contributed by atoms with Gasteiger partial charge in [-0.05, 0) is 35.3 Å². The fourth-order valence-corrected chi connectivity index (χ4v) is 3.82. The lowest BCUT2D eigenvalue weighted by atomic mass is 10.0. The maximum absolute atomic E-state index is 6.12. The summed E-state index contributed by atoms with van der Waals surface area (Å²) in [7, 11) is 0. The molecule has 0 spiro atoms. The largest absolute Gasteiger partial charge is 0.327 e. The van der Waals surface area contributed by atoms with Gasteiger partial charge in [-0.3, -0.25) is 0 Å². The quantitative estimate of drug-likeness (QED) is 0.745. The molecule has 0 N–H and O–H groups in total. The molecule has 2 aromatic rings. The molecule has 1 heterocycles. The summed E-state index contributed by atoms with van der Waals surface area (Å²) in [6, 6.07) is 6.38. The zero-order valence-corrected chi connectivity index (χ0v) is 13.8. The van der Waals surface area contributed by atoms with E-state index in [0.29, 0.717) is 22.6 Å². The fraction of sp³-hybridized carbons (Fsp3) is 0.588. The van der Waals surface area contributed by atoms with Crippen molar-refractivity contribution in [2.45, 2.75) is 47.0 Å². The number of aryl methyl sites for hydroxylation is 1. The van der Waals surface area contributed by atoms with E-state index < -0.39 is 0 Å². The first kappa shape index (κ1) is 13.9. The zero-order chi connectivity index (χ0) is 14.7. The first-order valence-electron chi connectivity index (χ1n) is 7.31. The number of hydrogen-bond acceptors (Lipinski definition) is 1. The van der Waals surface area contributed by atoms with Crippen molar-refractivity contribution in [3.8, 4) is 0 Å². The van der Waals surface area contributed by atoms with E-state index in [9.17, 15) is 0 Å². The van der Waals surface area contributed by atoms with Gasteiger partial charge in [0, 0.05) is 6.54 Å². The highest BCUT2D eigenvalue weighted by Gasteiger charge is 2.64. The molecule has 20 heavy (non-hydrogen) atoms. The lowest BCUT2D eigenvalue weighted by molar-refractivity contribution is 0.457. The van der Waals surface area contributed by atoms with Gasteiger partial charge in [-0.2, -0.15) is 0 Å². The Labute approximate surface area is 126 Å². The lowest BCUT2D eigenvalue weighted by Crippen LogP contribution is -2.07. The SMILES string of the molecule is Cc1cccc2c1nc(CCl)n2CC1C(C)(C)C1(C)C. The number of fused-ring (bicyclic) bond motifs is 1. The summed E-state index contributed by atoms with van der Waals surface area (Å²) in [5.41, 5.74) is 4.31. The van der Waals surface area contributed by atoms with Gasteiger partial charge < -0.3 is 4.57 Å². The molecule has 0 aliphatic heterocycles. The number of aromatic nitrogens is 2. The molecule has 3 rings (SSSR count). The maximum Gasteiger partial charge on any atom is 0.124 e. The van der Waals surface area contributed by atoms with Crippen molar-refractivity contribution in [2.24, 2.45) is 16.7 Å². The van der Waals surface area contributed by atoms with Crippen LogP contribution in [-0.2, 0) is 12.4 Å². The summed E-state index contributed by atoms with van der Waals surface area (Å²) >= 11 is 6.12. The number of nitrogens with zero attached hydrogens (tertiary/aromatic N) is 2. The smallest absolute Gasteiger partial charge is 0.124 e. The summed E-state index contributed by atoms with van der Waals surface area (Å²) in [6.07, 6.45) is 0. The second-order valence-corrected chi connectivity index (χ2v) is 7.48. The Hall–Kier alpha value is -1.02. The van der Waals surface area contributed by atoms with Gasteiger partial charge in [0.2, 0.25) is 0 Å². The van der Waals surface area contributed by atoms with Crippen LogP contribution in [0.5, 0.6) is 0 Å². The summed E-state index contributed by atoms with van der Waals surface area (Å²) in [5, 5.41) is 0. The molecule has 1 aromatic heterocycles. The number of hydrogen-bond donors (Lipinski definition) is 0. The van der Waals surface area contributed by atoms with Crippen LogP contribution >= 0.6 is 11.6 Å². The first-order chi connectivity index (χ1) is 9.30. The molecule has 1 aliphatic rings. The second kappa shape index (κ2) is 4.24. The van der Waals surface area contributed by atoms with Crippen LogP contribution in [0.3, 0.4) is 0 Å². The molecule has 1 saturated carbocycles. The minimum absolute atomic E-state index is 0.386. The number of halogens is 1. The minimum atomic E-state index is 0.386. The third kappa shape index (κ3) is 1.74. The topological polar surface area (TPSA) is 17.8 Å². The molecule has 108 valence electrons. The highest BCUT2D eigenvalue weighted by Crippen LogP contribution is 2.69. The predicted molar refractivity (Wildman–Crippen MR) is 85.1 cm³/mol. The van der Waals surface area contributed by atoms with E-state index >= 15 is 0 Å². The Balaban J connectivity index is 2.06. The van der Waals surface area contributed by atoms with Crippen LogP contribution in [0, 0.1) is 23.7 Å². The second-order valence-electron chi connectivity index (χ2n) is 7.21. The van der Waals surface area contributed by atoms with Gasteiger partial charge >= 0.3 is 0 Å². The Morgan fingerprint density at radius 3 is 2.40 bits per heavy atom. The van der Waals surface area contributed by atoms with E-state index in [-0.39, 0.29) is 0 Å². The van der Waals surface area contributed by atoms with Gasteiger partial charge in [0.1, 0.15) is 5.82 Å². The van der Waals surface area contributed by atoms with Crippen LogP contribution in [-0.4, -0.2) is 9.55 Å². The van der Waals surface area contributed by atoms with Crippen molar-refractivity contribution in [1.29, 1.82) is 0 Å². The zero-order valence-electron chi connectivity index (χ0n) is 13.0. The number of rotatable bonds is 3. The molecule has 2 nitrogen and oxygen atoms in total. The Kier molecular flexibility index (Phi) is 2.95. The fourth-order valence-electron chi connectivity index (χ4n) is 3.61. The number of para-hydroxylation sites is 1. The summed E-state index contributed by atoms with van der Waals surface area (Å²) < 4.78 is 2.33. The van der Waals surface area contributed by atoms with Crippen molar-refractivity contribution >= 4 is 22.6 Å². The van der Waals surface area contributed by atoms with Gasteiger partial charge in [0.15, 0.2) is 0 Å². The molecule has 1 aromatic carbocycles. The van der Waals surface area contributed by atoms with Crippen LogP contribution < -0.4 is 0 Å². The maximum atomic E-state index is 6.12. The monoisotopic (exact) mass is 290 g/mol. The van der Waals surface area contributed by atoms with E-state index in [1.165, 1.54) is 11.1 Å². The third-order valence-electron chi connectivity index (χ3n) is 5.86. The normalized spacial score (nSPS) is 20.5. The summed E-state index contributed by atoms with van der Waals surface area (Å²) in [6.45, 7) is 12.6. The number of benzene rings is 1. The van der Waals surface area contributed by atoms with Gasteiger partial charge in [0.25, 0.3) is 0 Å². The molecule has 0 saturated heterocycles. The standard InChI is InChI=1S/C17H23ClN2/c1-11-7-6-8-12-15(11)19-14(9-18)20(12)10-13-16(2,3)17(13,4)5/h6-8,13H,9-10H2,1-5H3. The van der Waals surface area contributed by atoms with Crippen LogP contribution in [0.1, 0.15) is 39.1 Å². The number of imidazole rings is 1. The van der Waals surface area contributed by atoms with Crippen molar-refractivity contribution < 1.29 is 0 Å². The molecule has 0 atom stereocenters. The van der Waals surface area contributed by atoms with E-state index in [0.717, 1.165) is 17.9 Å². The van der Waals surface area contributed by atoms with Gasteiger partial charge in [-0.15, -0.1) is 11.6 Å². The van der Waals surface area contributed by atoms with E-state index in [4.69, 9.17) is 16.6 Å². The van der Waals surface area contributed by atoms with Gasteiger partial charge in [-0.1, -0.05) is 39.8 Å². The van der Waals surface area contributed by atoms with Crippen LogP contribution in [0.15, 0.2) is 18.2 Å². The van der Waals surface area contributed by atoms with Crippen LogP contribution in [0.2, 0.25) is 0 Å². The molecule has 3 heteroatoms. The summed E-state index contributed by atoms with van der Waals surface area (Å²) in [4.78, 5) is 4.74. The highest BCUT2D eigenvalue weighted by atomic mass is 35.5. The molecule has 0 bridgehead atoms. The average Bonchev–Trinajstić information content (AvgIpc) is 2.71. The predicted octanol–water partition coefficient (Wildman–Crippen LogP) is 4.77. The van der Waals surface area contributed by atoms with E-state index in [1.54, 1.807) is 0 Å². The van der Waals surface area contributed by atoms with Crippen LogP contribution in [0.25, 0.3) is 11.0 Å². The molecular formula is C17H23ClN2. The van der Waals surface area contributed by atoms with E-state index in [1.807, 2.05) is 0 Å². The van der Waals surface area contributed by atoms with Crippen LogP contribution in [0.4, 0.5) is 0 Å². The highest BCUT2D eigenvalue weighted by molar-refractivity contribution is 6.16. The molecule has 0 unspecified atom stereocenters. The minimum Gasteiger partial charge on any atom is -0.327 e. The molecule has 0 amide bonds.